The molecular weight excluding hydrogens is 466 g/mol. The molecule has 10 heteroatoms. The van der Waals surface area contributed by atoms with Gasteiger partial charge in [0, 0.05) is 24.5 Å². The molecule has 192 valence electrons. The lowest BCUT2D eigenvalue weighted by molar-refractivity contribution is 0.102. The molecule has 2 aliphatic carbocycles. The second-order valence-corrected chi connectivity index (χ2v) is 10.3. The Hall–Kier alpha value is -3.30. The molecule has 0 unspecified atom stereocenters. The van der Waals surface area contributed by atoms with Crippen LogP contribution in [0.25, 0.3) is 11.5 Å². The SMILES string of the molecule is CC(C)[C@H]1CC[C@@H](n2cc(NC(=O)c3coc(-c4ccnc(NCC5CC5)c4)n3)c(C(F)F)n2)CC1. The van der Waals surface area contributed by atoms with Crippen LogP contribution in [-0.4, -0.2) is 32.2 Å². The summed E-state index contributed by atoms with van der Waals surface area (Å²) in [5.74, 6) is 2.29. The van der Waals surface area contributed by atoms with Crippen molar-refractivity contribution in [2.75, 3.05) is 17.2 Å². The third-order valence-electron chi connectivity index (χ3n) is 7.29. The van der Waals surface area contributed by atoms with E-state index in [0.717, 1.165) is 32.2 Å². The smallest absolute Gasteiger partial charge is 0.284 e. The lowest BCUT2D eigenvalue weighted by Gasteiger charge is -2.30. The number of oxazole rings is 1. The first kappa shape index (κ1) is 24.4. The highest BCUT2D eigenvalue weighted by Crippen LogP contribution is 2.37. The number of hydrogen-bond acceptors (Lipinski definition) is 6. The van der Waals surface area contributed by atoms with Crippen LogP contribution in [0.5, 0.6) is 0 Å². The molecule has 3 heterocycles. The van der Waals surface area contributed by atoms with Gasteiger partial charge in [0.15, 0.2) is 11.4 Å². The average Bonchev–Trinajstić information content (AvgIpc) is 3.39. The summed E-state index contributed by atoms with van der Waals surface area (Å²) in [6.07, 6.45) is 7.90. The van der Waals surface area contributed by atoms with Crippen LogP contribution >= 0.6 is 0 Å². The fraction of sp³-hybridized carbons (Fsp3) is 0.538. The quantitative estimate of drug-likeness (QED) is 0.358. The van der Waals surface area contributed by atoms with Crippen LogP contribution in [0.2, 0.25) is 0 Å². The Balaban J connectivity index is 1.27. The maximum atomic E-state index is 13.7. The molecule has 8 nitrogen and oxygen atoms in total. The van der Waals surface area contributed by atoms with E-state index in [0.29, 0.717) is 29.1 Å². The Kier molecular flexibility index (Phi) is 7.02. The number of rotatable bonds is 9. The normalized spacial score (nSPS) is 20.2. The second kappa shape index (κ2) is 10.4. The van der Waals surface area contributed by atoms with Gasteiger partial charge in [0.25, 0.3) is 12.3 Å². The number of anilines is 2. The molecule has 0 radical (unpaired) electrons. The van der Waals surface area contributed by atoms with Gasteiger partial charge in [-0.25, -0.2) is 18.7 Å². The Labute approximate surface area is 208 Å². The number of nitrogens with zero attached hydrogens (tertiary/aromatic N) is 4. The van der Waals surface area contributed by atoms with E-state index in [-0.39, 0.29) is 23.3 Å². The predicted molar refractivity (Wildman–Crippen MR) is 132 cm³/mol. The molecule has 5 rings (SSSR count). The minimum absolute atomic E-state index is 0.000269. The van der Waals surface area contributed by atoms with Gasteiger partial charge < -0.3 is 15.1 Å². The summed E-state index contributed by atoms with van der Waals surface area (Å²) in [6, 6.07) is 3.60. The molecule has 3 aromatic rings. The van der Waals surface area contributed by atoms with Crippen molar-refractivity contribution in [1.82, 2.24) is 19.7 Å². The van der Waals surface area contributed by atoms with Crippen molar-refractivity contribution in [1.29, 1.82) is 0 Å². The molecule has 36 heavy (non-hydrogen) atoms. The minimum atomic E-state index is -2.81. The number of amides is 1. The van der Waals surface area contributed by atoms with E-state index in [1.807, 2.05) is 6.07 Å². The molecule has 0 atom stereocenters. The Morgan fingerprint density at radius 2 is 1.97 bits per heavy atom. The summed E-state index contributed by atoms with van der Waals surface area (Å²) in [7, 11) is 0. The predicted octanol–water partition coefficient (Wildman–Crippen LogP) is 6.33. The molecule has 0 spiro atoms. The third kappa shape index (κ3) is 5.57. The molecule has 0 aromatic carbocycles. The monoisotopic (exact) mass is 498 g/mol. The van der Waals surface area contributed by atoms with Gasteiger partial charge in [-0.05, 0) is 68.4 Å². The summed E-state index contributed by atoms with van der Waals surface area (Å²) >= 11 is 0. The highest BCUT2D eigenvalue weighted by Gasteiger charge is 2.28. The molecule has 3 aromatic heterocycles. The number of alkyl halides is 2. The summed E-state index contributed by atoms with van der Waals surface area (Å²) in [5.41, 5.74) is 0.236. The van der Waals surface area contributed by atoms with E-state index in [9.17, 15) is 13.6 Å². The fourth-order valence-electron chi connectivity index (χ4n) is 4.81. The van der Waals surface area contributed by atoms with Crippen LogP contribution in [0.15, 0.2) is 35.2 Å². The number of carbonyl (C=O) groups excluding carboxylic acids is 1. The van der Waals surface area contributed by atoms with Gasteiger partial charge in [-0.15, -0.1) is 0 Å². The van der Waals surface area contributed by atoms with Crippen LogP contribution in [0.4, 0.5) is 20.3 Å². The van der Waals surface area contributed by atoms with E-state index in [4.69, 9.17) is 4.42 Å². The van der Waals surface area contributed by atoms with Gasteiger partial charge in [0.1, 0.15) is 12.1 Å². The Bertz CT molecular complexity index is 1190. The van der Waals surface area contributed by atoms with Crippen LogP contribution < -0.4 is 10.6 Å². The zero-order valence-corrected chi connectivity index (χ0v) is 20.6. The molecule has 2 fully saturated rings. The first-order valence-electron chi connectivity index (χ1n) is 12.7. The largest absolute Gasteiger partial charge is 0.444 e. The lowest BCUT2D eigenvalue weighted by atomic mass is 9.80. The summed E-state index contributed by atoms with van der Waals surface area (Å²) in [4.78, 5) is 21.4. The molecule has 2 N–H and O–H groups in total. The number of halogens is 2. The van der Waals surface area contributed by atoms with Crippen molar-refractivity contribution in [2.45, 2.75) is 64.8 Å². The highest BCUT2D eigenvalue weighted by atomic mass is 19.3. The van der Waals surface area contributed by atoms with Crippen molar-refractivity contribution in [3.8, 4) is 11.5 Å². The molecule has 2 saturated carbocycles. The Morgan fingerprint density at radius 1 is 1.19 bits per heavy atom. The zero-order chi connectivity index (χ0) is 25.2. The van der Waals surface area contributed by atoms with E-state index < -0.39 is 18.0 Å². The van der Waals surface area contributed by atoms with Gasteiger partial charge in [0.2, 0.25) is 5.89 Å². The van der Waals surface area contributed by atoms with Crippen LogP contribution in [0.1, 0.15) is 81.0 Å². The topological polar surface area (TPSA) is 97.9 Å². The number of nitrogens with one attached hydrogen (secondary N) is 2. The lowest BCUT2D eigenvalue weighted by Crippen LogP contribution is -2.21. The van der Waals surface area contributed by atoms with Crippen molar-refractivity contribution < 1.29 is 18.0 Å². The van der Waals surface area contributed by atoms with E-state index >= 15 is 0 Å². The first-order chi connectivity index (χ1) is 17.4. The number of aromatic nitrogens is 4. The molecule has 2 aliphatic rings. The first-order valence-corrected chi connectivity index (χ1v) is 12.7. The van der Waals surface area contributed by atoms with Crippen molar-refractivity contribution in [3.05, 3.63) is 42.2 Å². The number of carbonyl (C=O) groups is 1. The van der Waals surface area contributed by atoms with E-state index in [1.165, 1.54) is 25.3 Å². The van der Waals surface area contributed by atoms with Crippen LogP contribution in [-0.2, 0) is 0 Å². The minimum Gasteiger partial charge on any atom is -0.444 e. The summed E-state index contributed by atoms with van der Waals surface area (Å²) in [6.45, 7) is 5.31. The number of hydrogen-bond donors (Lipinski definition) is 2. The zero-order valence-electron chi connectivity index (χ0n) is 20.6. The van der Waals surface area contributed by atoms with Crippen LogP contribution in [0, 0.1) is 17.8 Å². The summed E-state index contributed by atoms with van der Waals surface area (Å²) in [5, 5.41) is 9.99. The maximum Gasteiger partial charge on any atom is 0.284 e. The average molecular weight is 499 g/mol. The van der Waals surface area contributed by atoms with Gasteiger partial charge in [-0.2, -0.15) is 5.10 Å². The number of pyridine rings is 1. The standard InChI is InChI=1S/C26H32F2N6O2/c1-15(2)17-5-7-19(8-6-17)34-13-20(23(33-34)24(27)28)31-25(35)21-14-36-26(32-21)18-9-10-29-22(11-18)30-12-16-3-4-16/h9-11,13-17,19,24H,3-8,12H2,1-2H3,(H,29,30)(H,31,35)/t17-,19+. The Morgan fingerprint density at radius 3 is 2.67 bits per heavy atom. The van der Waals surface area contributed by atoms with E-state index in [1.54, 1.807) is 16.9 Å². The molecular formula is C26H32F2N6O2. The van der Waals surface area contributed by atoms with Crippen LogP contribution in [0.3, 0.4) is 0 Å². The van der Waals surface area contributed by atoms with Gasteiger partial charge in [-0.3, -0.25) is 9.48 Å². The van der Waals surface area contributed by atoms with Crippen molar-refractivity contribution >= 4 is 17.4 Å². The van der Waals surface area contributed by atoms with Gasteiger partial charge >= 0.3 is 0 Å². The van der Waals surface area contributed by atoms with Crippen molar-refractivity contribution in [2.24, 2.45) is 17.8 Å². The molecule has 1 amide bonds. The third-order valence-corrected chi connectivity index (χ3v) is 7.29. The van der Waals surface area contributed by atoms with Gasteiger partial charge in [-0.1, -0.05) is 13.8 Å². The highest BCUT2D eigenvalue weighted by molar-refractivity contribution is 6.03. The molecule has 0 bridgehead atoms. The molecule has 0 aliphatic heterocycles. The van der Waals surface area contributed by atoms with Crippen molar-refractivity contribution in [3.63, 3.8) is 0 Å². The summed E-state index contributed by atoms with van der Waals surface area (Å²) < 4.78 is 34.6. The molecule has 0 saturated heterocycles. The van der Waals surface area contributed by atoms with E-state index in [2.05, 4.69) is 39.5 Å². The maximum absolute atomic E-state index is 13.7. The fourth-order valence-corrected chi connectivity index (χ4v) is 4.81. The second-order valence-electron chi connectivity index (χ2n) is 10.3. The van der Waals surface area contributed by atoms with Gasteiger partial charge in [0.05, 0.1) is 11.7 Å².